The number of anilines is 2. The van der Waals surface area contributed by atoms with Gasteiger partial charge in [0, 0.05) is 24.0 Å². The van der Waals surface area contributed by atoms with Crippen molar-refractivity contribution in [1.29, 1.82) is 0 Å². The number of nitrogen functional groups attached to an aromatic ring is 1. The zero-order valence-electron chi connectivity index (χ0n) is 24.8. The molecule has 0 aliphatic rings. The van der Waals surface area contributed by atoms with Gasteiger partial charge in [-0.25, -0.2) is 19.3 Å². The number of aromatic nitrogens is 5. The Kier molecular flexibility index (Phi) is 7.59. The van der Waals surface area contributed by atoms with Crippen molar-refractivity contribution < 1.29 is 14.2 Å². The van der Waals surface area contributed by atoms with E-state index in [-0.39, 0.29) is 11.5 Å². The number of pyridine rings is 1. The van der Waals surface area contributed by atoms with Crippen molar-refractivity contribution in [2.75, 3.05) is 18.2 Å². The molecule has 3 aromatic carbocycles. The number of nitrogens with zero attached hydrogens (tertiary/aromatic N) is 5. The smallest absolute Gasteiger partial charge is 0.266 e. The fraction of sp³-hybridized carbons (Fsp3) is 0.147. The Balaban J connectivity index is 1.59. The van der Waals surface area contributed by atoms with E-state index in [9.17, 15) is 14.3 Å². The Morgan fingerprint density at radius 3 is 2.49 bits per heavy atom. The zero-order chi connectivity index (χ0) is 31.7. The third-order valence-electron chi connectivity index (χ3n) is 7.83. The lowest BCUT2D eigenvalue weighted by Crippen LogP contribution is -2.39. The molecule has 0 spiro atoms. The predicted octanol–water partition coefficient (Wildman–Crippen LogP) is 6.08. The van der Waals surface area contributed by atoms with Crippen molar-refractivity contribution in [2.45, 2.75) is 25.8 Å². The van der Waals surface area contributed by atoms with Crippen LogP contribution >= 0.6 is 0 Å². The lowest BCUT2D eigenvalue weighted by Gasteiger charge is -2.33. The van der Waals surface area contributed by atoms with Crippen LogP contribution in [-0.4, -0.2) is 36.7 Å². The van der Waals surface area contributed by atoms with E-state index in [2.05, 4.69) is 20.3 Å². The molecule has 0 amide bonds. The Morgan fingerprint density at radius 2 is 1.76 bits per heavy atom. The van der Waals surface area contributed by atoms with Gasteiger partial charge in [0.2, 0.25) is 11.8 Å². The molecular weight excluding hydrogens is 573 g/mol. The summed E-state index contributed by atoms with van der Waals surface area (Å²) in [6.45, 7) is 3.88. The molecule has 4 N–H and O–H groups in total. The highest BCUT2D eigenvalue weighted by Crippen LogP contribution is 2.36. The van der Waals surface area contributed by atoms with Gasteiger partial charge >= 0.3 is 0 Å². The number of hydrogen-bond donors (Lipinski definition) is 3. The van der Waals surface area contributed by atoms with Gasteiger partial charge < -0.3 is 20.9 Å². The van der Waals surface area contributed by atoms with Gasteiger partial charge in [0.15, 0.2) is 11.6 Å². The SMILES string of the molecule is CCC(C)(Nc1nc(N)ncc1-c1ccc(F)c(O)c1)c1nc2cccc(-c3ccnc(OC)c3)c2c(=O)n1-c1ccccc1. The van der Waals surface area contributed by atoms with Gasteiger partial charge in [-0.3, -0.25) is 9.36 Å². The molecule has 11 heteroatoms. The van der Waals surface area contributed by atoms with Crippen molar-refractivity contribution in [3.05, 3.63) is 113 Å². The minimum atomic E-state index is -0.989. The first-order chi connectivity index (χ1) is 21.7. The summed E-state index contributed by atoms with van der Waals surface area (Å²) in [6, 6.07) is 22.4. The number of ether oxygens (including phenoxy) is 1. The molecule has 1 atom stereocenters. The average Bonchev–Trinajstić information content (AvgIpc) is 3.06. The second kappa shape index (κ2) is 11.7. The van der Waals surface area contributed by atoms with E-state index in [1.807, 2.05) is 68.4 Å². The first-order valence-electron chi connectivity index (χ1n) is 14.2. The number of phenols is 1. The molecule has 0 bridgehead atoms. The number of nitrogens with one attached hydrogen (secondary N) is 1. The number of benzene rings is 3. The first kappa shape index (κ1) is 29.2. The number of phenolic OH excluding ortho intramolecular Hbond substituents is 1. The van der Waals surface area contributed by atoms with Crippen LogP contribution in [-0.2, 0) is 5.54 Å². The number of nitrogens with two attached hydrogens (primary N) is 1. The van der Waals surface area contributed by atoms with Gasteiger partial charge in [-0.05, 0) is 66.4 Å². The molecule has 226 valence electrons. The third kappa shape index (κ3) is 5.40. The van der Waals surface area contributed by atoms with Crippen LogP contribution in [0, 0.1) is 5.82 Å². The molecule has 1 unspecified atom stereocenters. The quantitative estimate of drug-likeness (QED) is 0.189. The Bertz CT molecular complexity index is 2100. The summed E-state index contributed by atoms with van der Waals surface area (Å²) in [4.78, 5) is 32.6. The summed E-state index contributed by atoms with van der Waals surface area (Å²) in [6.07, 6.45) is 3.60. The molecule has 0 radical (unpaired) electrons. The molecule has 0 saturated carbocycles. The zero-order valence-corrected chi connectivity index (χ0v) is 24.8. The maximum Gasteiger partial charge on any atom is 0.266 e. The van der Waals surface area contributed by atoms with Gasteiger partial charge in [-0.15, -0.1) is 0 Å². The van der Waals surface area contributed by atoms with Gasteiger partial charge in [0.05, 0.1) is 29.2 Å². The fourth-order valence-corrected chi connectivity index (χ4v) is 5.29. The lowest BCUT2D eigenvalue weighted by atomic mass is 9.94. The number of methoxy groups -OCH3 is 1. The van der Waals surface area contributed by atoms with Crippen LogP contribution in [0.3, 0.4) is 0 Å². The second-order valence-electron chi connectivity index (χ2n) is 10.7. The highest BCUT2D eigenvalue weighted by Gasteiger charge is 2.33. The van der Waals surface area contributed by atoms with Gasteiger partial charge in [-0.2, -0.15) is 4.98 Å². The van der Waals surface area contributed by atoms with Crippen LogP contribution in [0.5, 0.6) is 11.6 Å². The lowest BCUT2D eigenvalue weighted by molar-refractivity contribution is 0.398. The summed E-state index contributed by atoms with van der Waals surface area (Å²) in [5.41, 5.74) is 8.29. The molecule has 10 nitrogen and oxygen atoms in total. The molecule has 0 saturated heterocycles. The van der Waals surface area contributed by atoms with Crippen LogP contribution in [0.2, 0.25) is 0 Å². The molecule has 0 fully saturated rings. The van der Waals surface area contributed by atoms with Crippen LogP contribution < -0.4 is 21.3 Å². The van der Waals surface area contributed by atoms with E-state index < -0.39 is 17.1 Å². The van der Waals surface area contributed by atoms with Crippen molar-refractivity contribution in [1.82, 2.24) is 24.5 Å². The average molecular weight is 604 g/mol. The Labute approximate surface area is 258 Å². The summed E-state index contributed by atoms with van der Waals surface area (Å²) >= 11 is 0. The summed E-state index contributed by atoms with van der Waals surface area (Å²) in [7, 11) is 1.54. The molecule has 3 aromatic heterocycles. The highest BCUT2D eigenvalue weighted by molar-refractivity contribution is 5.94. The third-order valence-corrected chi connectivity index (χ3v) is 7.83. The topological polar surface area (TPSA) is 141 Å². The molecule has 6 rings (SSSR count). The molecular formula is C34H30FN7O3. The number of para-hydroxylation sites is 1. The minimum Gasteiger partial charge on any atom is -0.505 e. The van der Waals surface area contributed by atoms with Crippen molar-refractivity contribution in [3.8, 4) is 39.6 Å². The fourth-order valence-electron chi connectivity index (χ4n) is 5.29. The van der Waals surface area contributed by atoms with Gasteiger partial charge in [-0.1, -0.05) is 43.3 Å². The first-order valence-corrected chi connectivity index (χ1v) is 14.2. The van der Waals surface area contributed by atoms with Gasteiger partial charge in [0.25, 0.3) is 5.56 Å². The van der Waals surface area contributed by atoms with Crippen LogP contribution in [0.25, 0.3) is 38.8 Å². The van der Waals surface area contributed by atoms with Crippen LogP contribution in [0.1, 0.15) is 26.1 Å². The standard InChI is InChI=1S/C34H30FN7O3/c1-4-34(2,41-30-24(19-38-33(36)40-30)20-13-14-25(35)27(43)17-20)32-39-26-12-8-11-23(21-15-16-37-28(18-21)45-3)29(26)31(44)42(32)22-9-6-5-7-10-22/h5-19,43H,4H2,1-3H3,(H3,36,38,40,41). The maximum atomic E-state index is 14.7. The molecule has 6 aromatic rings. The molecule has 0 aliphatic heterocycles. The normalized spacial score (nSPS) is 12.5. The van der Waals surface area contributed by atoms with E-state index in [0.717, 1.165) is 11.6 Å². The van der Waals surface area contributed by atoms with Crippen LogP contribution in [0.4, 0.5) is 16.2 Å². The molecule has 3 heterocycles. The van der Waals surface area contributed by atoms with Crippen LogP contribution in [0.15, 0.2) is 96.1 Å². The Morgan fingerprint density at radius 1 is 0.978 bits per heavy atom. The van der Waals surface area contributed by atoms with E-state index >= 15 is 0 Å². The number of fused-ring (bicyclic) bond motifs is 1. The predicted molar refractivity (Wildman–Crippen MR) is 172 cm³/mol. The van der Waals surface area contributed by atoms with E-state index in [4.69, 9.17) is 15.5 Å². The maximum absolute atomic E-state index is 14.7. The number of aromatic hydroxyl groups is 1. The summed E-state index contributed by atoms with van der Waals surface area (Å²) in [5, 5.41) is 14.0. The largest absolute Gasteiger partial charge is 0.505 e. The summed E-state index contributed by atoms with van der Waals surface area (Å²) < 4.78 is 20.8. The van der Waals surface area contributed by atoms with E-state index in [1.165, 1.54) is 18.3 Å². The monoisotopic (exact) mass is 603 g/mol. The number of hydrogen-bond acceptors (Lipinski definition) is 9. The number of rotatable bonds is 8. The Hall–Kier alpha value is -5.84. The molecule has 0 aliphatic carbocycles. The molecule has 45 heavy (non-hydrogen) atoms. The highest BCUT2D eigenvalue weighted by atomic mass is 19.1. The second-order valence-corrected chi connectivity index (χ2v) is 10.7. The van der Waals surface area contributed by atoms with Crippen molar-refractivity contribution >= 4 is 22.7 Å². The minimum absolute atomic E-state index is 0.00961. The summed E-state index contributed by atoms with van der Waals surface area (Å²) in [5.74, 6) is -0.0669. The van der Waals surface area contributed by atoms with E-state index in [1.54, 1.807) is 23.9 Å². The van der Waals surface area contributed by atoms with Gasteiger partial charge in [0.1, 0.15) is 11.6 Å². The number of halogens is 1. The van der Waals surface area contributed by atoms with Crippen molar-refractivity contribution in [3.63, 3.8) is 0 Å². The van der Waals surface area contributed by atoms with Crippen molar-refractivity contribution in [2.24, 2.45) is 0 Å². The van der Waals surface area contributed by atoms with E-state index in [0.29, 0.717) is 57.2 Å².